The average molecular weight is 456 g/mol. The number of hydrogen-bond acceptors (Lipinski definition) is 6. The van der Waals surface area contributed by atoms with Gasteiger partial charge >= 0.3 is 0 Å². The molecule has 32 heavy (non-hydrogen) atoms. The van der Waals surface area contributed by atoms with Gasteiger partial charge < -0.3 is 20.1 Å². The molecular formula is C23H26ClN5O3. The Morgan fingerprint density at radius 1 is 1.16 bits per heavy atom. The molecule has 0 aliphatic carbocycles. The molecule has 0 radical (unpaired) electrons. The van der Waals surface area contributed by atoms with Gasteiger partial charge in [0.15, 0.2) is 11.5 Å². The molecule has 0 saturated heterocycles. The minimum absolute atomic E-state index is 0.0351. The highest BCUT2D eigenvalue weighted by Gasteiger charge is 2.20. The van der Waals surface area contributed by atoms with Crippen molar-refractivity contribution < 1.29 is 14.3 Å². The van der Waals surface area contributed by atoms with Crippen LogP contribution in [-0.4, -0.2) is 40.4 Å². The number of ether oxygens (including phenoxy) is 2. The van der Waals surface area contributed by atoms with E-state index < -0.39 is 0 Å². The molecule has 2 aromatic carbocycles. The van der Waals surface area contributed by atoms with E-state index in [0.29, 0.717) is 29.6 Å². The lowest BCUT2D eigenvalue weighted by atomic mass is 9.95. The van der Waals surface area contributed by atoms with Gasteiger partial charge in [-0.25, -0.2) is 9.67 Å². The van der Waals surface area contributed by atoms with Gasteiger partial charge in [0.25, 0.3) is 0 Å². The van der Waals surface area contributed by atoms with Gasteiger partial charge in [-0.3, -0.25) is 4.79 Å². The highest BCUT2D eigenvalue weighted by molar-refractivity contribution is 6.31. The summed E-state index contributed by atoms with van der Waals surface area (Å²) < 4.78 is 13.1. The molecule has 1 aliphatic rings. The summed E-state index contributed by atoms with van der Waals surface area (Å²) in [5, 5.41) is 10.9. The van der Waals surface area contributed by atoms with E-state index >= 15 is 0 Å². The molecule has 168 valence electrons. The van der Waals surface area contributed by atoms with Crippen molar-refractivity contribution in [2.75, 3.05) is 25.1 Å². The van der Waals surface area contributed by atoms with Crippen LogP contribution in [0, 0.1) is 5.92 Å². The third kappa shape index (κ3) is 5.20. The number of anilines is 1. The number of amides is 1. The highest BCUT2D eigenvalue weighted by Crippen LogP contribution is 2.34. The molecule has 1 aromatic heterocycles. The van der Waals surface area contributed by atoms with Gasteiger partial charge in [-0.1, -0.05) is 31.5 Å². The largest absolute Gasteiger partial charge is 0.490 e. The van der Waals surface area contributed by atoms with E-state index in [2.05, 4.69) is 34.6 Å². The van der Waals surface area contributed by atoms with Crippen LogP contribution in [0.3, 0.4) is 0 Å². The topological polar surface area (TPSA) is 90.3 Å². The van der Waals surface area contributed by atoms with Crippen molar-refractivity contribution in [3.63, 3.8) is 0 Å². The summed E-state index contributed by atoms with van der Waals surface area (Å²) in [6.45, 7) is 5.63. The average Bonchev–Trinajstić information content (AvgIpc) is 3.19. The fourth-order valence-corrected chi connectivity index (χ4v) is 3.82. The predicted molar refractivity (Wildman–Crippen MR) is 123 cm³/mol. The van der Waals surface area contributed by atoms with Gasteiger partial charge in [0.1, 0.15) is 12.7 Å². The Kier molecular flexibility index (Phi) is 6.92. The van der Waals surface area contributed by atoms with Crippen LogP contribution in [0.2, 0.25) is 5.02 Å². The van der Waals surface area contributed by atoms with Crippen LogP contribution in [0.5, 0.6) is 11.5 Å². The number of halogens is 1. The summed E-state index contributed by atoms with van der Waals surface area (Å²) in [7, 11) is 0. The Hall–Kier alpha value is -3.10. The highest BCUT2D eigenvalue weighted by atomic mass is 35.5. The Morgan fingerprint density at radius 2 is 1.97 bits per heavy atom. The zero-order valence-electron chi connectivity index (χ0n) is 18.0. The molecule has 2 heterocycles. The molecule has 1 aliphatic heterocycles. The number of aromatic nitrogens is 3. The minimum Gasteiger partial charge on any atom is -0.490 e. The standard InChI is InChI=1S/C23H26ClN5O3/c1-15(2)23(16-4-7-20-21(10-16)32-9-3-8-31-20)26-12-22(30)28-18-11-17(24)5-6-19(18)29-14-25-13-27-29/h4-7,10-11,13-15,23,26H,3,8-9,12H2,1-2H3,(H,28,30). The molecule has 9 heteroatoms. The van der Waals surface area contributed by atoms with Crippen molar-refractivity contribution in [2.24, 2.45) is 5.92 Å². The zero-order valence-corrected chi connectivity index (χ0v) is 18.8. The quantitative estimate of drug-likeness (QED) is 0.559. The van der Waals surface area contributed by atoms with Crippen LogP contribution in [0.25, 0.3) is 5.69 Å². The monoisotopic (exact) mass is 455 g/mol. The van der Waals surface area contributed by atoms with Gasteiger partial charge in [0.05, 0.1) is 31.1 Å². The molecule has 3 aromatic rings. The van der Waals surface area contributed by atoms with Crippen LogP contribution < -0.4 is 20.1 Å². The van der Waals surface area contributed by atoms with Crippen LogP contribution in [0.15, 0.2) is 49.1 Å². The van der Waals surface area contributed by atoms with Crippen molar-refractivity contribution in [1.82, 2.24) is 20.1 Å². The first-order valence-corrected chi connectivity index (χ1v) is 11.0. The van der Waals surface area contributed by atoms with Gasteiger partial charge in [-0.15, -0.1) is 0 Å². The molecule has 0 spiro atoms. The summed E-state index contributed by atoms with van der Waals surface area (Å²) in [4.78, 5) is 16.7. The normalized spacial score (nSPS) is 14.1. The molecule has 1 amide bonds. The molecule has 4 rings (SSSR count). The SMILES string of the molecule is CC(C)C(NCC(=O)Nc1cc(Cl)ccc1-n1cncn1)c1ccc2c(c1)OCCCO2. The number of nitrogens with zero attached hydrogens (tertiary/aromatic N) is 3. The van der Waals surface area contributed by atoms with Crippen LogP contribution in [0.1, 0.15) is 31.9 Å². The van der Waals surface area contributed by atoms with Crippen LogP contribution in [-0.2, 0) is 4.79 Å². The Morgan fingerprint density at radius 3 is 2.72 bits per heavy atom. The van der Waals surface area contributed by atoms with Crippen molar-refractivity contribution in [1.29, 1.82) is 0 Å². The van der Waals surface area contributed by atoms with Crippen molar-refractivity contribution in [3.8, 4) is 17.2 Å². The maximum Gasteiger partial charge on any atom is 0.238 e. The smallest absolute Gasteiger partial charge is 0.238 e. The van der Waals surface area contributed by atoms with E-state index in [4.69, 9.17) is 21.1 Å². The molecular weight excluding hydrogens is 430 g/mol. The first kappa shape index (κ1) is 22.1. The number of rotatable bonds is 7. The number of benzene rings is 2. The number of carbonyl (C=O) groups excluding carboxylic acids is 1. The second-order valence-corrected chi connectivity index (χ2v) is 8.35. The maximum atomic E-state index is 12.8. The van der Waals surface area contributed by atoms with E-state index in [0.717, 1.165) is 23.5 Å². The van der Waals surface area contributed by atoms with Gasteiger partial charge in [0, 0.05) is 17.5 Å². The van der Waals surface area contributed by atoms with Crippen LogP contribution >= 0.6 is 11.6 Å². The Labute approximate surface area is 191 Å². The van der Waals surface area contributed by atoms with Crippen molar-refractivity contribution in [3.05, 3.63) is 59.6 Å². The lowest BCUT2D eigenvalue weighted by molar-refractivity contribution is -0.115. The van der Waals surface area contributed by atoms with E-state index in [1.54, 1.807) is 29.2 Å². The molecule has 1 unspecified atom stereocenters. The zero-order chi connectivity index (χ0) is 22.5. The summed E-state index contributed by atoms with van der Waals surface area (Å²) >= 11 is 6.15. The maximum absolute atomic E-state index is 12.8. The lowest BCUT2D eigenvalue weighted by Gasteiger charge is -2.24. The lowest BCUT2D eigenvalue weighted by Crippen LogP contribution is -2.33. The fraction of sp³-hybridized carbons (Fsp3) is 0.348. The first-order valence-electron chi connectivity index (χ1n) is 10.6. The second-order valence-electron chi connectivity index (χ2n) is 7.91. The van der Waals surface area contributed by atoms with Gasteiger partial charge in [-0.05, 0) is 41.8 Å². The molecule has 0 bridgehead atoms. The predicted octanol–water partition coefficient (Wildman–Crippen LogP) is 4.01. The van der Waals surface area contributed by atoms with Crippen molar-refractivity contribution in [2.45, 2.75) is 26.3 Å². The molecule has 2 N–H and O–H groups in total. The number of carbonyl (C=O) groups is 1. The fourth-order valence-electron chi connectivity index (χ4n) is 3.65. The van der Waals surface area contributed by atoms with Crippen LogP contribution in [0.4, 0.5) is 5.69 Å². The third-order valence-corrected chi connectivity index (χ3v) is 5.41. The number of nitrogens with one attached hydrogen (secondary N) is 2. The molecule has 1 atom stereocenters. The summed E-state index contributed by atoms with van der Waals surface area (Å²) in [5.74, 6) is 1.57. The van der Waals surface area contributed by atoms with E-state index in [-0.39, 0.29) is 24.4 Å². The van der Waals surface area contributed by atoms with Gasteiger partial charge in [0.2, 0.25) is 5.91 Å². The van der Waals surface area contributed by atoms with E-state index in [1.165, 1.54) is 6.33 Å². The molecule has 0 saturated carbocycles. The summed E-state index contributed by atoms with van der Waals surface area (Å²) in [6, 6.07) is 11.1. The Bertz CT molecular complexity index is 1070. The first-order chi connectivity index (χ1) is 15.5. The third-order valence-electron chi connectivity index (χ3n) is 5.18. The summed E-state index contributed by atoms with van der Waals surface area (Å²) in [6.07, 6.45) is 3.86. The van der Waals surface area contributed by atoms with Crippen molar-refractivity contribution >= 4 is 23.2 Å². The van der Waals surface area contributed by atoms with E-state index in [1.807, 2.05) is 18.2 Å². The number of fused-ring (bicyclic) bond motifs is 1. The number of hydrogen-bond donors (Lipinski definition) is 2. The van der Waals surface area contributed by atoms with E-state index in [9.17, 15) is 4.79 Å². The Balaban J connectivity index is 1.46. The summed E-state index contributed by atoms with van der Waals surface area (Å²) in [5.41, 5.74) is 2.29. The molecule has 0 fully saturated rings. The molecule has 8 nitrogen and oxygen atoms in total. The second kappa shape index (κ2) is 10.0. The van der Waals surface area contributed by atoms with Gasteiger partial charge in [-0.2, -0.15) is 5.10 Å². The minimum atomic E-state index is -0.186.